The van der Waals surface area contributed by atoms with Crippen molar-refractivity contribution in [3.63, 3.8) is 0 Å². The lowest BCUT2D eigenvalue weighted by Gasteiger charge is -2.23. The molecule has 2 nitrogen and oxygen atoms in total. The zero-order valence-corrected chi connectivity index (χ0v) is 12.3. The van der Waals surface area contributed by atoms with Gasteiger partial charge in [0.2, 0.25) is 0 Å². The lowest BCUT2D eigenvalue weighted by atomic mass is 9.98. The monoisotopic (exact) mass is 278 g/mol. The molecule has 1 atom stereocenters. The molecule has 0 radical (unpaired) electrons. The predicted molar refractivity (Wildman–Crippen MR) is 86.3 cm³/mol. The first kappa shape index (κ1) is 13.1. The van der Waals surface area contributed by atoms with Gasteiger partial charge in [-0.3, -0.25) is 0 Å². The molecule has 2 aromatic rings. The van der Waals surface area contributed by atoms with E-state index >= 15 is 0 Å². The van der Waals surface area contributed by atoms with Crippen molar-refractivity contribution in [1.29, 1.82) is 0 Å². The van der Waals surface area contributed by atoms with Gasteiger partial charge in [0.15, 0.2) is 0 Å². The molecule has 2 aliphatic rings. The Morgan fingerprint density at radius 2 is 1.52 bits per heavy atom. The third-order valence-electron chi connectivity index (χ3n) is 4.84. The van der Waals surface area contributed by atoms with Crippen LogP contribution in [0.2, 0.25) is 0 Å². The average molecular weight is 278 g/mol. The molecule has 4 rings (SSSR count). The summed E-state index contributed by atoms with van der Waals surface area (Å²) in [5.74, 6) is 0. The average Bonchev–Trinajstić information content (AvgIpc) is 2.82. The molecule has 2 heteroatoms. The molecule has 108 valence electrons. The minimum absolute atomic E-state index is 0.482. The van der Waals surface area contributed by atoms with Crippen LogP contribution in [0.15, 0.2) is 48.5 Å². The number of rotatable bonds is 2. The highest BCUT2D eigenvalue weighted by atomic mass is 15.0. The van der Waals surface area contributed by atoms with Crippen molar-refractivity contribution < 1.29 is 0 Å². The molecule has 1 unspecified atom stereocenters. The quantitative estimate of drug-likeness (QED) is 0.882. The number of benzene rings is 2. The lowest BCUT2D eigenvalue weighted by molar-refractivity contribution is 0.425. The zero-order valence-electron chi connectivity index (χ0n) is 12.3. The first-order valence-corrected chi connectivity index (χ1v) is 8.01. The third-order valence-corrected chi connectivity index (χ3v) is 4.84. The molecule has 0 amide bonds. The van der Waals surface area contributed by atoms with E-state index in [4.69, 9.17) is 0 Å². The van der Waals surface area contributed by atoms with Gasteiger partial charge in [-0.05, 0) is 48.1 Å². The van der Waals surface area contributed by atoms with E-state index in [2.05, 4.69) is 59.2 Å². The van der Waals surface area contributed by atoms with E-state index in [1.54, 1.807) is 0 Å². The number of nitrogens with one attached hydrogen (secondary N) is 2. The highest BCUT2D eigenvalue weighted by molar-refractivity contribution is 5.35. The van der Waals surface area contributed by atoms with Crippen LogP contribution >= 0.6 is 0 Å². The van der Waals surface area contributed by atoms with Crippen LogP contribution in [0.1, 0.15) is 34.7 Å². The summed E-state index contributed by atoms with van der Waals surface area (Å²) in [5.41, 5.74) is 5.98. The smallest absolute Gasteiger partial charge is 0.0338 e. The second-order valence-electron chi connectivity index (χ2n) is 6.26. The number of hydrogen-bond acceptors (Lipinski definition) is 2. The topological polar surface area (TPSA) is 24.1 Å². The zero-order chi connectivity index (χ0) is 14.1. The van der Waals surface area contributed by atoms with Crippen LogP contribution in [0, 0.1) is 0 Å². The molecule has 1 aliphatic heterocycles. The molecule has 0 saturated heterocycles. The van der Waals surface area contributed by atoms with E-state index in [-0.39, 0.29) is 0 Å². The normalized spacial score (nSPS) is 21.6. The Labute approximate surface area is 126 Å². The Balaban J connectivity index is 1.53. The maximum absolute atomic E-state index is 3.92. The van der Waals surface area contributed by atoms with Gasteiger partial charge in [-0.15, -0.1) is 0 Å². The first-order chi connectivity index (χ1) is 10.4. The standard InChI is InChI=1S/C19H22N2/c1-2-6-15-12-17(11-14(15)5-1)21-19-9-10-20-13-16-7-3-4-8-18(16)19/h1-8,17,19-21H,9-13H2. The van der Waals surface area contributed by atoms with E-state index in [9.17, 15) is 0 Å². The fraction of sp³-hybridized carbons (Fsp3) is 0.368. The SMILES string of the molecule is c1ccc2c(c1)CC(NC1CCNCc3ccccc31)C2. The van der Waals surface area contributed by atoms with Gasteiger partial charge < -0.3 is 10.6 Å². The number of fused-ring (bicyclic) bond motifs is 2. The van der Waals surface area contributed by atoms with Gasteiger partial charge in [-0.25, -0.2) is 0 Å². The second kappa shape index (κ2) is 5.63. The van der Waals surface area contributed by atoms with Gasteiger partial charge in [0.1, 0.15) is 0 Å². The van der Waals surface area contributed by atoms with Gasteiger partial charge in [0.25, 0.3) is 0 Å². The maximum atomic E-state index is 3.92. The molecule has 1 heterocycles. The largest absolute Gasteiger partial charge is 0.313 e. The minimum Gasteiger partial charge on any atom is -0.313 e. The summed E-state index contributed by atoms with van der Waals surface area (Å²) in [6.07, 6.45) is 3.51. The lowest BCUT2D eigenvalue weighted by Crippen LogP contribution is -2.34. The Hall–Kier alpha value is -1.64. The van der Waals surface area contributed by atoms with Crippen LogP contribution in [0.5, 0.6) is 0 Å². The molecule has 1 aliphatic carbocycles. The maximum Gasteiger partial charge on any atom is 0.0338 e. The molecule has 0 spiro atoms. The molecule has 0 saturated carbocycles. The summed E-state index contributed by atoms with van der Waals surface area (Å²) < 4.78 is 0. The molecule has 0 bridgehead atoms. The molecule has 0 aromatic heterocycles. The van der Waals surface area contributed by atoms with Crippen LogP contribution in [-0.2, 0) is 19.4 Å². The molecule has 2 aromatic carbocycles. The minimum atomic E-state index is 0.482. The summed E-state index contributed by atoms with van der Waals surface area (Å²) in [6, 6.07) is 18.8. The molecular formula is C19H22N2. The van der Waals surface area contributed by atoms with Crippen molar-refractivity contribution in [1.82, 2.24) is 10.6 Å². The van der Waals surface area contributed by atoms with Crippen molar-refractivity contribution in [2.45, 2.75) is 37.9 Å². The Morgan fingerprint density at radius 3 is 2.29 bits per heavy atom. The van der Waals surface area contributed by atoms with Crippen LogP contribution in [0.3, 0.4) is 0 Å². The van der Waals surface area contributed by atoms with Crippen molar-refractivity contribution in [2.75, 3.05) is 6.54 Å². The summed E-state index contributed by atoms with van der Waals surface area (Å²) >= 11 is 0. The van der Waals surface area contributed by atoms with Gasteiger partial charge >= 0.3 is 0 Å². The predicted octanol–water partition coefficient (Wildman–Crippen LogP) is 2.98. The summed E-state index contributed by atoms with van der Waals surface area (Å²) in [4.78, 5) is 0. The van der Waals surface area contributed by atoms with E-state index in [1.807, 2.05) is 0 Å². The van der Waals surface area contributed by atoms with Crippen LogP contribution in [-0.4, -0.2) is 12.6 Å². The second-order valence-corrected chi connectivity index (χ2v) is 6.26. The summed E-state index contributed by atoms with van der Waals surface area (Å²) in [7, 11) is 0. The fourth-order valence-corrected chi connectivity index (χ4v) is 3.79. The number of hydrogen-bond donors (Lipinski definition) is 2. The summed E-state index contributed by atoms with van der Waals surface area (Å²) in [6.45, 7) is 2.09. The van der Waals surface area contributed by atoms with E-state index in [0.29, 0.717) is 12.1 Å². The van der Waals surface area contributed by atoms with E-state index in [0.717, 1.165) is 13.1 Å². The van der Waals surface area contributed by atoms with Crippen molar-refractivity contribution in [3.05, 3.63) is 70.8 Å². The van der Waals surface area contributed by atoms with E-state index < -0.39 is 0 Å². The summed E-state index contributed by atoms with van der Waals surface area (Å²) in [5, 5.41) is 7.46. The molecular weight excluding hydrogens is 256 g/mol. The van der Waals surface area contributed by atoms with E-state index in [1.165, 1.54) is 41.5 Å². The van der Waals surface area contributed by atoms with Gasteiger partial charge in [0.05, 0.1) is 0 Å². The van der Waals surface area contributed by atoms with Gasteiger partial charge in [-0.1, -0.05) is 48.5 Å². The van der Waals surface area contributed by atoms with Crippen molar-refractivity contribution in [2.24, 2.45) is 0 Å². The van der Waals surface area contributed by atoms with Crippen LogP contribution in [0.25, 0.3) is 0 Å². The van der Waals surface area contributed by atoms with Gasteiger partial charge in [-0.2, -0.15) is 0 Å². The Bertz CT molecular complexity index is 610. The van der Waals surface area contributed by atoms with Crippen LogP contribution in [0.4, 0.5) is 0 Å². The van der Waals surface area contributed by atoms with Crippen LogP contribution < -0.4 is 10.6 Å². The Kier molecular flexibility index (Phi) is 3.50. The third kappa shape index (κ3) is 2.61. The Morgan fingerprint density at radius 1 is 0.857 bits per heavy atom. The van der Waals surface area contributed by atoms with Crippen molar-refractivity contribution in [3.8, 4) is 0 Å². The van der Waals surface area contributed by atoms with Crippen molar-refractivity contribution >= 4 is 0 Å². The molecule has 21 heavy (non-hydrogen) atoms. The highest BCUT2D eigenvalue weighted by Gasteiger charge is 2.25. The highest BCUT2D eigenvalue weighted by Crippen LogP contribution is 2.28. The fourth-order valence-electron chi connectivity index (χ4n) is 3.79. The molecule has 2 N–H and O–H groups in total. The van der Waals surface area contributed by atoms with Gasteiger partial charge in [0, 0.05) is 18.6 Å². The molecule has 0 fully saturated rings. The first-order valence-electron chi connectivity index (χ1n) is 8.01.